The first-order valence-electron chi connectivity index (χ1n) is 7.16. The molecule has 0 fully saturated rings. The summed E-state index contributed by atoms with van der Waals surface area (Å²) in [4.78, 5) is 11.1. The highest BCUT2D eigenvalue weighted by atomic mass is 19.4. The second-order valence-corrected chi connectivity index (χ2v) is 5.41. The van der Waals surface area contributed by atoms with Crippen LogP contribution in [0.4, 0.5) is 13.2 Å². The van der Waals surface area contributed by atoms with E-state index in [0.29, 0.717) is 17.1 Å². The van der Waals surface area contributed by atoms with Crippen molar-refractivity contribution >= 4 is 5.97 Å². The SMILES string of the molecule is O=C(O)[C@@H]1Cc2ccc(Oc3ccccc3)cc2O[C@@H]1C(F)(F)F. The van der Waals surface area contributed by atoms with Gasteiger partial charge in [0.1, 0.15) is 23.2 Å². The molecule has 0 aromatic heterocycles. The number of fused-ring (bicyclic) bond motifs is 1. The van der Waals surface area contributed by atoms with E-state index in [1.807, 2.05) is 6.07 Å². The zero-order valence-electron chi connectivity index (χ0n) is 12.3. The molecule has 1 aliphatic heterocycles. The summed E-state index contributed by atoms with van der Waals surface area (Å²) in [6, 6.07) is 13.2. The minimum Gasteiger partial charge on any atom is -0.481 e. The third-order valence-electron chi connectivity index (χ3n) is 3.72. The van der Waals surface area contributed by atoms with Gasteiger partial charge in [0.2, 0.25) is 6.10 Å². The minimum absolute atomic E-state index is 0.0109. The van der Waals surface area contributed by atoms with Gasteiger partial charge in [0.15, 0.2) is 0 Å². The van der Waals surface area contributed by atoms with Crippen LogP contribution in [-0.4, -0.2) is 23.4 Å². The van der Waals surface area contributed by atoms with E-state index >= 15 is 0 Å². The van der Waals surface area contributed by atoms with Gasteiger partial charge >= 0.3 is 12.1 Å². The first-order valence-corrected chi connectivity index (χ1v) is 7.16. The number of hydrogen-bond donors (Lipinski definition) is 1. The molecule has 0 bridgehead atoms. The highest BCUT2D eigenvalue weighted by molar-refractivity contribution is 5.72. The Labute approximate surface area is 135 Å². The molecule has 1 heterocycles. The van der Waals surface area contributed by atoms with Gasteiger partial charge in [-0.15, -0.1) is 0 Å². The third-order valence-corrected chi connectivity index (χ3v) is 3.72. The molecule has 2 aromatic rings. The minimum atomic E-state index is -4.77. The Morgan fingerprint density at radius 1 is 1.12 bits per heavy atom. The van der Waals surface area contributed by atoms with Crippen molar-refractivity contribution in [1.29, 1.82) is 0 Å². The van der Waals surface area contributed by atoms with E-state index < -0.39 is 24.2 Å². The Morgan fingerprint density at radius 3 is 2.46 bits per heavy atom. The Morgan fingerprint density at radius 2 is 1.83 bits per heavy atom. The molecule has 126 valence electrons. The van der Waals surface area contributed by atoms with Crippen LogP contribution in [0.5, 0.6) is 17.2 Å². The Kier molecular flexibility index (Phi) is 4.09. The van der Waals surface area contributed by atoms with Gasteiger partial charge < -0.3 is 14.6 Å². The topological polar surface area (TPSA) is 55.8 Å². The fraction of sp³-hybridized carbons (Fsp3) is 0.235. The molecule has 0 radical (unpaired) electrons. The van der Waals surface area contributed by atoms with Gasteiger partial charge in [0.25, 0.3) is 0 Å². The molecule has 0 amide bonds. The quantitative estimate of drug-likeness (QED) is 0.917. The molecular formula is C17H13F3O4. The summed E-state index contributed by atoms with van der Waals surface area (Å²) < 4.78 is 49.7. The van der Waals surface area contributed by atoms with Gasteiger partial charge in [0.05, 0.1) is 0 Å². The van der Waals surface area contributed by atoms with Gasteiger partial charge in [-0.2, -0.15) is 13.2 Å². The van der Waals surface area contributed by atoms with E-state index in [9.17, 15) is 18.0 Å². The van der Waals surface area contributed by atoms with Crippen molar-refractivity contribution in [3.8, 4) is 17.2 Å². The predicted octanol–water partition coefficient (Wildman–Crippen LogP) is 4.05. The molecule has 0 saturated heterocycles. The average molecular weight is 338 g/mol. The van der Waals surface area contributed by atoms with Gasteiger partial charge in [-0.1, -0.05) is 24.3 Å². The summed E-state index contributed by atoms with van der Waals surface area (Å²) in [5, 5.41) is 9.04. The van der Waals surface area contributed by atoms with Gasteiger partial charge in [-0.25, -0.2) is 0 Å². The average Bonchev–Trinajstić information content (AvgIpc) is 2.53. The maximum absolute atomic E-state index is 13.1. The van der Waals surface area contributed by atoms with Crippen LogP contribution in [0.3, 0.4) is 0 Å². The molecule has 1 N–H and O–H groups in total. The van der Waals surface area contributed by atoms with Crippen molar-refractivity contribution in [2.24, 2.45) is 5.92 Å². The van der Waals surface area contributed by atoms with Crippen molar-refractivity contribution in [2.75, 3.05) is 0 Å². The fourth-order valence-electron chi connectivity index (χ4n) is 2.58. The molecule has 0 unspecified atom stereocenters. The van der Waals surface area contributed by atoms with E-state index in [0.717, 1.165) is 0 Å². The number of benzene rings is 2. The lowest BCUT2D eigenvalue weighted by atomic mass is 9.90. The molecule has 0 spiro atoms. The monoisotopic (exact) mass is 338 g/mol. The molecule has 4 nitrogen and oxygen atoms in total. The summed E-state index contributed by atoms with van der Waals surface area (Å²) >= 11 is 0. The van der Waals surface area contributed by atoms with Crippen LogP contribution in [-0.2, 0) is 11.2 Å². The van der Waals surface area contributed by atoms with E-state index in [-0.39, 0.29) is 12.2 Å². The van der Waals surface area contributed by atoms with Crippen LogP contribution in [0, 0.1) is 5.92 Å². The van der Waals surface area contributed by atoms with Gasteiger partial charge in [0, 0.05) is 6.07 Å². The number of para-hydroxylation sites is 1. The first-order chi connectivity index (χ1) is 11.3. The fourth-order valence-corrected chi connectivity index (χ4v) is 2.58. The van der Waals surface area contributed by atoms with Crippen molar-refractivity contribution in [3.05, 3.63) is 54.1 Å². The predicted molar refractivity (Wildman–Crippen MR) is 78.3 cm³/mol. The molecule has 3 rings (SSSR count). The van der Waals surface area contributed by atoms with Crippen LogP contribution in [0.1, 0.15) is 5.56 Å². The summed E-state index contributed by atoms with van der Waals surface area (Å²) in [6.07, 6.45) is -7.40. The van der Waals surface area contributed by atoms with Crippen molar-refractivity contribution < 1.29 is 32.5 Å². The molecule has 1 aliphatic rings. The third kappa shape index (κ3) is 3.29. The maximum Gasteiger partial charge on any atom is 0.426 e. The highest BCUT2D eigenvalue weighted by Gasteiger charge is 2.52. The number of carbonyl (C=O) groups is 1. The summed E-state index contributed by atoms with van der Waals surface area (Å²) in [7, 11) is 0. The molecule has 2 atom stereocenters. The standard InChI is InChI=1S/C17H13F3O4/c18-17(19,20)15-13(16(21)22)8-10-6-7-12(9-14(10)24-15)23-11-4-2-1-3-5-11/h1-7,9,13,15H,8H2,(H,21,22)/t13-,15+/m1/s1. The molecule has 2 aromatic carbocycles. The van der Waals surface area contributed by atoms with Gasteiger partial charge in [-0.05, 0) is 30.2 Å². The number of carboxylic acids is 1. The van der Waals surface area contributed by atoms with E-state index in [2.05, 4.69) is 0 Å². The molecule has 0 saturated carbocycles. The lowest BCUT2D eigenvalue weighted by molar-refractivity contribution is -0.217. The Hall–Kier alpha value is -2.70. The molecule has 24 heavy (non-hydrogen) atoms. The smallest absolute Gasteiger partial charge is 0.426 e. The van der Waals surface area contributed by atoms with Crippen LogP contribution in [0.25, 0.3) is 0 Å². The van der Waals surface area contributed by atoms with Crippen LogP contribution < -0.4 is 9.47 Å². The normalized spacial score (nSPS) is 20.0. The van der Waals surface area contributed by atoms with Crippen molar-refractivity contribution in [1.82, 2.24) is 0 Å². The highest BCUT2D eigenvalue weighted by Crippen LogP contribution is 2.40. The van der Waals surface area contributed by atoms with Gasteiger partial charge in [-0.3, -0.25) is 4.79 Å². The van der Waals surface area contributed by atoms with E-state index in [4.69, 9.17) is 14.6 Å². The van der Waals surface area contributed by atoms with Crippen molar-refractivity contribution in [2.45, 2.75) is 18.7 Å². The lowest BCUT2D eigenvalue weighted by Crippen LogP contribution is -2.47. The number of rotatable bonds is 3. The van der Waals surface area contributed by atoms with E-state index in [1.54, 1.807) is 30.3 Å². The second kappa shape index (κ2) is 6.07. The zero-order valence-corrected chi connectivity index (χ0v) is 12.3. The Balaban J connectivity index is 1.89. The van der Waals surface area contributed by atoms with Crippen molar-refractivity contribution in [3.63, 3.8) is 0 Å². The summed E-state index contributed by atoms with van der Waals surface area (Å²) in [5.41, 5.74) is 0.406. The largest absolute Gasteiger partial charge is 0.481 e. The molecular weight excluding hydrogens is 325 g/mol. The number of alkyl halides is 3. The lowest BCUT2D eigenvalue weighted by Gasteiger charge is -2.32. The number of ether oxygens (including phenoxy) is 2. The maximum atomic E-state index is 13.1. The number of halogens is 3. The number of carboxylic acid groups (broad SMARTS) is 1. The zero-order chi connectivity index (χ0) is 17.3. The summed E-state index contributed by atoms with van der Waals surface area (Å²) in [6.45, 7) is 0. The molecule has 7 heteroatoms. The Bertz CT molecular complexity index is 743. The second-order valence-electron chi connectivity index (χ2n) is 5.41. The number of hydrogen-bond acceptors (Lipinski definition) is 3. The van der Waals surface area contributed by atoms with E-state index in [1.165, 1.54) is 12.1 Å². The van der Waals surface area contributed by atoms with Crippen LogP contribution in [0.15, 0.2) is 48.5 Å². The first kappa shape index (κ1) is 16.2. The van der Waals surface area contributed by atoms with Crippen LogP contribution in [0.2, 0.25) is 0 Å². The molecule has 0 aliphatic carbocycles. The number of aliphatic carboxylic acids is 1. The van der Waals surface area contributed by atoms with Crippen LogP contribution >= 0.6 is 0 Å². The summed E-state index contributed by atoms with van der Waals surface area (Å²) in [5.74, 6) is -2.37.